The summed E-state index contributed by atoms with van der Waals surface area (Å²) in [7, 11) is 0. The molecule has 108 valence electrons. The maximum Gasteiger partial charge on any atom is 0.269 e. The molecule has 0 radical (unpaired) electrons. The number of aryl methyl sites for hydroxylation is 1. The number of amides is 1. The van der Waals surface area contributed by atoms with Crippen molar-refractivity contribution < 1.29 is 9.72 Å². The van der Waals surface area contributed by atoms with Crippen LogP contribution in [0.2, 0.25) is 0 Å². The topological polar surface area (TPSA) is 72.2 Å². The summed E-state index contributed by atoms with van der Waals surface area (Å²) in [6.07, 6.45) is 0. The Morgan fingerprint density at radius 2 is 1.90 bits per heavy atom. The molecule has 0 bridgehead atoms. The highest BCUT2D eigenvalue weighted by Gasteiger charge is 2.10. The van der Waals surface area contributed by atoms with E-state index in [4.69, 9.17) is 0 Å². The summed E-state index contributed by atoms with van der Waals surface area (Å²) in [5, 5.41) is 13.4. The van der Waals surface area contributed by atoms with Gasteiger partial charge in [0, 0.05) is 23.2 Å². The van der Waals surface area contributed by atoms with Crippen LogP contribution in [-0.4, -0.2) is 10.8 Å². The van der Waals surface area contributed by atoms with E-state index in [9.17, 15) is 14.9 Å². The minimum Gasteiger partial charge on any atom is -0.348 e. The standard InChI is InChI=1S/C15H13BrN2O3/c1-10-2-7-14(16)13(8-10)15(19)17-9-11-3-5-12(6-4-11)18(20)21/h2-8H,9H2,1H3,(H,17,19). The quantitative estimate of drug-likeness (QED) is 0.677. The summed E-state index contributed by atoms with van der Waals surface area (Å²) in [6, 6.07) is 11.6. The number of nitrogens with zero attached hydrogens (tertiary/aromatic N) is 1. The molecule has 0 aliphatic heterocycles. The summed E-state index contributed by atoms with van der Waals surface area (Å²) < 4.78 is 0.731. The normalized spacial score (nSPS) is 10.2. The molecule has 2 rings (SSSR count). The van der Waals surface area contributed by atoms with Crippen LogP contribution in [0.1, 0.15) is 21.5 Å². The number of nitro benzene ring substituents is 1. The lowest BCUT2D eigenvalue weighted by molar-refractivity contribution is -0.384. The molecule has 0 saturated carbocycles. The Morgan fingerprint density at radius 1 is 1.24 bits per heavy atom. The highest BCUT2D eigenvalue weighted by molar-refractivity contribution is 9.10. The molecular weight excluding hydrogens is 336 g/mol. The SMILES string of the molecule is Cc1ccc(Br)c(C(=O)NCc2ccc([N+](=O)[O-])cc2)c1. The smallest absolute Gasteiger partial charge is 0.269 e. The van der Waals surface area contributed by atoms with Gasteiger partial charge in [0.05, 0.1) is 10.5 Å². The van der Waals surface area contributed by atoms with Gasteiger partial charge in [0.1, 0.15) is 0 Å². The zero-order chi connectivity index (χ0) is 15.4. The molecule has 1 amide bonds. The number of nitro groups is 1. The van der Waals surface area contributed by atoms with Gasteiger partial charge in [-0.15, -0.1) is 0 Å². The molecule has 0 aliphatic rings. The van der Waals surface area contributed by atoms with Crippen molar-refractivity contribution in [1.29, 1.82) is 0 Å². The van der Waals surface area contributed by atoms with E-state index in [2.05, 4.69) is 21.2 Å². The highest BCUT2D eigenvalue weighted by atomic mass is 79.9. The molecule has 0 spiro atoms. The van der Waals surface area contributed by atoms with Gasteiger partial charge in [-0.2, -0.15) is 0 Å². The van der Waals surface area contributed by atoms with Gasteiger partial charge in [0.2, 0.25) is 0 Å². The van der Waals surface area contributed by atoms with Crippen molar-refractivity contribution in [3.63, 3.8) is 0 Å². The molecule has 0 fully saturated rings. The van der Waals surface area contributed by atoms with Crippen LogP contribution in [0.3, 0.4) is 0 Å². The zero-order valence-corrected chi connectivity index (χ0v) is 12.9. The third-order valence-corrected chi connectivity index (χ3v) is 3.66. The van der Waals surface area contributed by atoms with Gasteiger partial charge in [-0.1, -0.05) is 23.8 Å². The van der Waals surface area contributed by atoms with Gasteiger partial charge in [0.15, 0.2) is 0 Å². The highest BCUT2D eigenvalue weighted by Crippen LogP contribution is 2.18. The number of rotatable bonds is 4. The minimum atomic E-state index is -0.452. The molecule has 0 aliphatic carbocycles. The second-order valence-corrected chi connectivity index (χ2v) is 5.44. The van der Waals surface area contributed by atoms with E-state index < -0.39 is 4.92 Å². The molecule has 2 aromatic rings. The fourth-order valence-electron chi connectivity index (χ4n) is 1.83. The number of non-ortho nitro benzene ring substituents is 1. The number of hydrogen-bond donors (Lipinski definition) is 1. The van der Waals surface area contributed by atoms with E-state index in [1.54, 1.807) is 18.2 Å². The van der Waals surface area contributed by atoms with Crippen molar-refractivity contribution in [2.45, 2.75) is 13.5 Å². The number of benzene rings is 2. The van der Waals surface area contributed by atoms with Crippen LogP contribution in [0.25, 0.3) is 0 Å². The zero-order valence-electron chi connectivity index (χ0n) is 11.3. The first-order valence-electron chi connectivity index (χ1n) is 6.25. The van der Waals surface area contributed by atoms with E-state index in [-0.39, 0.29) is 11.6 Å². The molecular formula is C15H13BrN2O3. The van der Waals surface area contributed by atoms with Gasteiger partial charge in [-0.3, -0.25) is 14.9 Å². The Kier molecular flexibility index (Phi) is 4.70. The van der Waals surface area contributed by atoms with Crippen LogP contribution in [0.15, 0.2) is 46.9 Å². The number of carbonyl (C=O) groups excluding carboxylic acids is 1. The molecule has 0 heterocycles. The summed E-state index contributed by atoms with van der Waals surface area (Å²) in [6.45, 7) is 2.23. The number of nitrogens with one attached hydrogen (secondary N) is 1. The van der Waals surface area contributed by atoms with Crippen molar-refractivity contribution in [2.75, 3.05) is 0 Å². The predicted molar refractivity (Wildman–Crippen MR) is 83.1 cm³/mol. The minimum absolute atomic E-state index is 0.0338. The first kappa shape index (κ1) is 15.2. The first-order chi connectivity index (χ1) is 9.97. The van der Waals surface area contributed by atoms with Gasteiger partial charge in [-0.25, -0.2) is 0 Å². The molecule has 21 heavy (non-hydrogen) atoms. The molecule has 5 nitrogen and oxygen atoms in total. The summed E-state index contributed by atoms with van der Waals surface area (Å²) in [4.78, 5) is 22.2. The lowest BCUT2D eigenvalue weighted by atomic mass is 10.1. The van der Waals surface area contributed by atoms with Gasteiger partial charge >= 0.3 is 0 Å². The van der Waals surface area contributed by atoms with Gasteiger partial charge in [-0.05, 0) is 40.5 Å². The predicted octanol–water partition coefficient (Wildman–Crippen LogP) is 3.60. The van der Waals surface area contributed by atoms with Crippen LogP contribution in [0.4, 0.5) is 5.69 Å². The maximum atomic E-state index is 12.1. The Labute approximate surface area is 130 Å². The third kappa shape index (κ3) is 3.88. The molecule has 0 aromatic heterocycles. The average Bonchev–Trinajstić information content (AvgIpc) is 2.47. The molecule has 0 saturated heterocycles. The van der Waals surface area contributed by atoms with Crippen LogP contribution in [0.5, 0.6) is 0 Å². The van der Waals surface area contributed by atoms with E-state index >= 15 is 0 Å². The van der Waals surface area contributed by atoms with E-state index in [1.807, 2.05) is 19.1 Å². The van der Waals surface area contributed by atoms with Crippen LogP contribution in [0, 0.1) is 17.0 Å². The Balaban J connectivity index is 2.04. The van der Waals surface area contributed by atoms with Crippen molar-refractivity contribution >= 4 is 27.5 Å². The monoisotopic (exact) mass is 348 g/mol. The number of hydrogen-bond acceptors (Lipinski definition) is 3. The van der Waals surface area contributed by atoms with Crippen molar-refractivity contribution in [3.05, 3.63) is 73.7 Å². The van der Waals surface area contributed by atoms with Crippen LogP contribution >= 0.6 is 15.9 Å². The summed E-state index contributed by atoms with van der Waals surface area (Å²) >= 11 is 3.35. The third-order valence-electron chi connectivity index (χ3n) is 2.97. The molecule has 2 aromatic carbocycles. The summed E-state index contributed by atoms with van der Waals surface area (Å²) in [5.74, 6) is -0.191. The lowest BCUT2D eigenvalue weighted by Crippen LogP contribution is -2.23. The Bertz CT molecular complexity index is 684. The van der Waals surface area contributed by atoms with E-state index in [1.165, 1.54) is 12.1 Å². The molecule has 0 unspecified atom stereocenters. The first-order valence-corrected chi connectivity index (χ1v) is 7.04. The molecule has 6 heteroatoms. The number of carbonyl (C=O) groups is 1. The maximum absolute atomic E-state index is 12.1. The largest absolute Gasteiger partial charge is 0.348 e. The van der Waals surface area contributed by atoms with Crippen molar-refractivity contribution in [1.82, 2.24) is 5.32 Å². The van der Waals surface area contributed by atoms with Gasteiger partial charge in [0.25, 0.3) is 11.6 Å². The van der Waals surface area contributed by atoms with Crippen molar-refractivity contribution in [2.24, 2.45) is 0 Å². The fourth-order valence-corrected chi connectivity index (χ4v) is 2.25. The average molecular weight is 349 g/mol. The fraction of sp³-hybridized carbons (Fsp3) is 0.133. The van der Waals surface area contributed by atoms with Crippen LogP contribution < -0.4 is 5.32 Å². The summed E-state index contributed by atoms with van der Waals surface area (Å²) in [5.41, 5.74) is 2.40. The Morgan fingerprint density at radius 3 is 2.52 bits per heavy atom. The van der Waals surface area contributed by atoms with Gasteiger partial charge < -0.3 is 5.32 Å². The van der Waals surface area contributed by atoms with Crippen LogP contribution in [-0.2, 0) is 6.54 Å². The molecule has 1 N–H and O–H groups in total. The number of halogens is 1. The second kappa shape index (κ2) is 6.49. The Hall–Kier alpha value is -2.21. The van der Waals surface area contributed by atoms with Crippen molar-refractivity contribution in [3.8, 4) is 0 Å². The molecule has 0 atom stereocenters. The van der Waals surface area contributed by atoms with E-state index in [0.717, 1.165) is 15.6 Å². The second-order valence-electron chi connectivity index (χ2n) is 4.59. The lowest BCUT2D eigenvalue weighted by Gasteiger charge is -2.08. The van der Waals surface area contributed by atoms with E-state index in [0.29, 0.717) is 12.1 Å².